The second-order valence-electron chi connectivity index (χ2n) is 7.98. The van der Waals surface area contributed by atoms with Gasteiger partial charge in [-0.1, -0.05) is 30.3 Å². The number of carbonyl (C=O) groups is 2. The minimum Gasteiger partial charge on any atom is -0.497 e. The van der Waals surface area contributed by atoms with Gasteiger partial charge in [-0.25, -0.2) is 0 Å². The van der Waals surface area contributed by atoms with Crippen LogP contribution in [0.4, 0.5) is 5.69 Å². The molecular weight excluding hydrogens is 390 g/mol. The molecule has 1 N–H and O–H groups in total. The van der Waals surface area contributed by atoms with E-state index in [1.807, 2.05) is 74.5 Å². The van der Waals surface area contributed by atoms with Gasteiger partial charge in [0.15, 0.2) is 0 Å². The van der Waals surface area contributed by atoms with Crippen LogP contribution in [-0.4, -0.2) is 34.9 Å². The number of ether oxygens (including phenoxy) is 1. The highest BCUT2D eigenvalue weighted by atomic mass is 16.5. The van der Waals surface area contributed by atoms with Crippen molar-refractivity contribution in [1.82, 2.24) is 9.47 Å². The maximum Gasteiger partial charge on any atom is 0.229 e. The van der Waals surface area contributed by atoms with Gasteiger partial charge in [-0.15, -0.1) is 0 Å². The number of likely N-dealkylation sites (tertiary alicyclic amines) is 1. The van der Waals surface area contributed by atoms with Crippen molar-refractivity contribution in [2.24, 2.45) is 5.92 Å². The summed E-state index contributed by atoms with van der Waals surface area (Å²) in [7, 11) is 1.62. The van der Waals surface area contributed by atoms with Crippen LogP contribution < -0.4 is 10.1 Å². The second-order valence-corrected chi connectivity index (χ2v) is 7.98. The number of aryl methyl sites for hydroxylation is 2. The van der Waals surface area contributed by atoms with Crippen LogP contribution in [0, 0.1) is 19.8 Å². The van der Waals surface area contributed by atoms with Crippen LogP contribution in [-0.2, 0) is 16.1 Å². The zero-order valence-corrected chi connectivity index (χ0v) is 18.1. The van der Waals surface area contributed by atoms with Crippen LogP contribution in [0.3, 0.4) is 0 Å². The Morgan fingerprint density at radius 3 is 2.45 bits per heavy atom. The molecule has 6 heteroatoms. The highest BCUT2D eigenvalue weighted by Crippen LogP contribution is 2.30. The van der Waals surface area contributed by atoms with E-state index in [1.165, 1.54) is 0 Å². The van der Waals surface area contributed by atoms with E-state index in [9.17, 15) is 9.59 Å². The van der Waals surface area contributed by atoms with Crippen LogP contribution in [0.1, 0.15) is 23.4 Å². The fraction of sp³-hybridized carbons (Fsp3) is 0.280. The van der Waals surface area contributed by atoms with Gasteiger partial charge in [0, 0.05) is 37.0 Å². The summed E-state index contributed by atoms with van der Waals surface area (Å²) in [6, 6.07) is 19.5. The number of rotatable bonds is 6. The quantitative estimate of drug-likeness (QED) is 0.657. The number of hydrogen-bond donors (Lipinski definition) is 1. The first-order valence-electron chi connectivity index (χ1n) is 10.4. The molecule has 1 aliphatic rings. The van der Waals surface area contributed by atoms with Crippen LogP contribution in [0.2, 0.25) is 0 Å². The number of carbonyl (C=O) groups excluding carboxylic acids is 2. The van der Waals surface area contributed by atoms with Gasteiger partial charge in [0.1, 0.15) is 5.75 Å². The fourth-order valence-corrected chi connectivity index (χ4v) is 4.12. The number of anilines is 1. The van der Waals surface area contributed by atoms with Crippen LogP contribution in [0.25, 0.3) is 5.69 Å². The molecule has 6 nitrogen and oxygen atoms in total. The van der Waals surface area contributed by atoms with Gasteiger partial charge in [0.05, 0.1) is 24.4 Å². The largest absolute Gasteiger partial charge is 0.497 e. The summed E-state index contributed by atoms with van der Waals surface area (Å²) in [6.07, 6.45) is 0.228. The van der Waals surface area contributed by atoms with Crippen LogP contribution in [0.5, 0.6) is 5.75 Å². The Morgan fingerprint density at radius 2 is 1.77 bits per heavy atom. The average Bonchev–Trinajstić information content (AvgIpc) is 3.30. The summed E-state index contributed by atoms with van der Waals surface area (Å²) < 4.78 is 7.48. The van der Waals surface area contributed by atoms with Gasteiger partial charge in [-0.2, -0.15) is 0 Å². The Bertz CT molecular complexity index is 1080. The molecule has 1 aromatic heterocycles. The second kappa shape index (κ2) is 8.68. The minimum atomic E-state index is -0.377. The predicted molar refractivity (Wildman–Crippen MR) is 120 cm³/mol. The van der Waals surface area contributed by atoms with Gasteiger partial charge in [-0.3, -0.25) is 9.59 Å². The molecule has 0 aliphatic carbocycles. The summed E-state index contributed by atoms with van der Waals surface area (Å²) in [4.78, 5) is 27.3. The monoisotopic (exact) mass is 417 g/mol. The molecule has 1 aliphatic heterocycles. The van der Waals surface area contributed by atoms with E-state index in [4.69, 9.17) is 4.74 Å². The summed E-state index contributed by atoms with van der Waals surface area (Å²) in [6.45, 7) is 5.00. The lowest BCUT2D eigenvalue weighted by atomic mass is 10.1. The first-order valence-corrected chi connectivity index (χ1v) is 10.4. The van der Waals surface area contributed by atoms with Crippen molar-refractivity contribution in [2.75, 3.05) is 19.0 Å². The lowest BCUT2D eigenvalue weighted by Gasteiger charge is -2.19. The van der Waals surface area contributed by atoms with E-state index < -0.39 is 0 Å². The lowest BCUT2D eigenvalue weighted by molar-refractivity contribution is -0.128. The smallest absolute Gasteiger partial charge is 0.229 e. The standard InChI is InChI=1S/C25H27N3O3/c1-17-9-10-18(2)28(17)23-14-21(31-3)11-12-22(23)26-25(30)20-13-24(29)27(16-20)15-19-7-5-4-6-8-19/h4-12,14,20H,13,15-16H2,1-3H3,(H,26,30)/t20-/m0/s1. The predicted octanol–water partition coefficient (Wildman–Crippen LogP) is 4.09. The van der Waals surface area contributed by atoms with E-state index in [0.717, 1.165) is 22.6 Å². The Balaban J connectivity index is 1.53. The number of amides is 2. The Hall–Kier alpha value is -3.54. The zero-order valence-electron chi connectivity index (χ0n) is 18.1. The molecule has 31 heavy (non-hydrogen) atoms. The third kappa shape index (κ3) is 4.33. The normalized spacial score (nSPS) is 15.9. The molecule has 2 aromatic carbocycles. The van der Waals surface area contributed by atoms with E-state index in [2.05, 4.69) is 9.88 Å². The first-order chi connectivity index (χ1) is 15.0. The summed E-state index contributed by atoms with van der Waals surface area (Å²) >= 11 is 0. The maximum absolute atomic E-state index is 13.1. The van der Waals surface area contributed by atoms with Crippen LogP contribution >= 0.6 is 0 Å². The van der Waals surface area contributed by atoms with E-state index >= 15 is 0 Å². The number of nitrogens with zero attached hydrogens (tertiary/aromatic N) is 2. The first kappa shape index (κ1) is 20.7. The van der Waals surface area contributed by atoms with Gasteiger partial charge in [0.25, 0.3) is 0 Å². The Morgan fingerprint density at radius 1 is 1.06 bits per heavy atom. The van der Waals surface area contributed by atoms with Crippen molar-refractivity contribution in [1.29, 1.82) is 0 Å². The van der Waals surface area contributed by atoms with Gasteiger partial charge >= 0.3 is 0 Å². The van der Waals surface area contributed by atoms with Crippen molar-refractivity contribution in [2.45, 2.75) is 26.8 Å². The van der Waals surface area contributed by atoms with Gasteiger partial charge in [-0.05, 0) is 43.7 Å². The van der Waals surface area contributed by atoms with Gasteiger partial charge < -0.3 is 19.5 Å². The minimum absolute atomic E-state index is 0.0102. The average molecular weight is 418 g/mol. The third-order valence-corrected chi connectivity index (χ3v) is 5.78. The molecule has 2 heterocycles. The lowest BCUT2D eigenvalue weighted by Crippen LogP contribution is -2.28. The number of hydrogen-bond acceptors (Lipinski definition) is 3. The molecule has 0 saturated carbocycles. The summed E-state index contributed by atoms with van der Waals surface area (Å²) in [5, 5.41) is 3.06. The molecule has 3 aromatic rings. The molecule has 1 atom stereocenters. The number of benzene rings is 2. The SMILES string of the molecule is COc1ccc(NC(=O)[C@H]2CC(=O)N(Cc3ccccc3)C2)c(-n2c(C)ccc2C)c1. The molecule has 160 valence electrons. The molecular formula is C25H27N3O3. The van der Waals surface area contributed by atoms with Crippen LogP contribution in [0.15, 0.2) is 60.7 Å². The molecule has 4 rings (SSSR count). The fourth-order valence-electron chi connectivity index (χ4n) is 4.12. The van der Waals surface area contributed by atoms with E-state index in [1.54, 1.807) is 12.0 Å². The molecule has 0 bridgehead atoms. The molecule has 2 amide bonds. The van der Waals surface area contributed by atoms with Crippen molar-refractivity contribution < 1.29 is 14.3 Å². The highest BCUT2D eigenvalue weighted by molar-refractivity contribution is 5.98. The number of aromatic nitrogens is 1. The summed E-state index contributed by atoms with van der Waals surface area (Å²) in [5.74, 6) is 0.206. The number of nitrogens with one attached hydrogen (secondary N) is 1. The highest BCUT2D eigenvalue weighted by Gasteiger charge is 2.34. The molecule has 1 fully saturated rings. The maximum atomic E-state index is 13.1. The van der Waals surface area contributed by atoms with Crippen molar-refractivity contribution in [3.05, 3.63) is 77.6 Å². The third-order valence-electron chi connectivity index (χ3n) is 5.78. The Kier molecular flexibility index (Phi) is 5.80. The van der Waals surface area contributed by atoms with E-state index in [-0.39, 0.29) is 24.2 Å². The van der Waals surface area contributed by atoms with Crippen molar-refractivity contribution in [3.8, 4) is 11.4 Å². The topological polar surface area (TPSA) is 63.6 Å². The summed E-state index contributed by atoms with van der Waals surface area (Å²) in [5.41, 5.74) is 4.73. The molecule has 0 unspecified atom stereocenters. The molecule has 1 saturated heterocycles. The van der Waals surface area contributed by atoms with E-state index in [0.29, 0.717) is 24.5 Å². The molecule has 0 spiro atoms. The van der Waals surface area contributed by atoms with Gasteiger partial charge in [0.2, 0.25) is 11.8 Å². The number of methoxy groups -OCH3 is 1. The molecule has 0 radical (unpaired) electrons. The Labute approximate surface area is 182 Å². The zero-order chi connectivity index (χ0) is 22.0. The van der Waals surface area contributed by atoms with Crippen molar-refractivity contribution >= 4 is 17.5 Å². The van der Waals surface area contributed by atoms with Crippen molar-refractivity contribution in [3.63, 3.8) is 0 Å².